The van der Waals surface area contributed by atoms with E-state index in [2.05, 4.69) is 15.3 Å². The molecule has 8 heteroatoms. The van der Waals surface area contributed by atoms with Gasteiger partial charge in [-0.15, -0.1) is 11.3 Å². The zero-order valence-corrected chi connectivity index (χ0v) is 13.0. The summed E-state index contributed by atoms with van der Waals surface area (Å²) in [6, 6.07) is -0.212. The van der Waals surface area contributed by atoms with Gasteiger partial charge in [0.05, 0.1) is 36.6 Å². The van der Waals surface area contributed by atoms with Crippen LogP contribution in [0.2, 0.25) is 0 Å². The monoisotopic (exact) mass is 323 g/mol. The van der Waals surface area contributed by atoms with E-state index in [1.165, 1.54) is 17.7 Å². The highest BCUT2D eigenvalue weighted by atomic mass is 32.1. The quantitative estimate of drug-likeness (QED) is 0.898. The van der Waals surface area contributed by atoms with E-state index in [1.54, 1.807) is 12.4 Å². The number of aromatic nitrogens is 2. The average Bonchev–Trinajstić information content (AvgIpc) is 3.17. The van der Waals surface area contributed by atoms with Gasteiger partial charge < -0.3 is 19.2 Å². The zero-order chi connectivity index (χ0) is 15.4. The Labute approximate surface area is 131 Å². The molecule has 2 atom stereocenters. The predicted molar refractivity (Wildman–Crippen MR) is 78.6 cm³/mol. The minimum atomic E-state index is -0.274. The first-order chi connectivity index (χ1) is 10.7. The molecular formula is C14H17N3O4S. The summed E-state index contributed by atoms with van der Waals surface area (Å²) in [5.41, 5.74) is 2.97. The van der Waals surface area contributed by atoms with Crippen molar-refractivity contribution in [2.75, 3.05) is 13.2 Å². The first kappa shape index (κ1) is 15.1. The number of rotatable bonds is 5. The maximum absolute atomic E-state index is 12.2. The summed E-state index contributed by atoms with van der Waals surface area (Å²) in [5.74, 6) is 0.221. The number of nitrogens with zero attached hydrogens (tertiary/aromatic N) is 2. The molecule has 118 valence electrons. The molecule has 3 rings (SSSR count). The van der Waals surface area contributed by atoms with Crippen LogP contribution in [0, 0.1) is 6.92 Å². The van der Waals surface area contributed by atoms with E-state index in [9.17, 15) is 4.79 Å². The minimum absolute atomic E-state index is 0.105. The smallest absolute Gasteiger partial charge is 0.273 e. The molecule has 1 saturated heterocycles. The molecule has 1 aliphatic rings. The molecule has 1 fully saturated rings. The Balaban J connectivity index is 1.60. The third-order valence-electron chi connectivity index (χ3n) is 3.50. The molecule has 0 saturated carbocycles. The summed E-state index contributed by atoms with van der Waals surface area (Å²) >= 11 is 1.53. The number of carbonyl (C=O) groups is 1. The van der Waals surface area contributed by atoms with E-state index in [0.29, 0.717) is 31.3 Å². The third-order valence-corrected chi connectivity index (χ3v) is 4.13. The summed E-state index contributed by atoms with van der Waals surface area (Å²) in [6.45, 7) is 3.18. The van der Waals surface area contributed by atoms with Gasteiger partial charge >= 0.3 is 0 Å². The van der Waals surface area contributed by atoms with Crippen LogP contribution in [0.25, 0.3) is 0 Å². The van der Waals surface area contributed by atoms with Crippen molar-refractivity contribution >= 4 is 17.2 Å². The Hall–Kier alpha value is -1.77. The Morgan fingerprint density at radius 3 is 3.18 bits per heavy atom. The van der Waals surface area contributed by atoms with E-state index in [1.807, 2.05) is 5.38 Å². The SMILES string of the molecule is Cc1ocnc1C(=O)N[C@@H]1COCC[C@@H]1OCc1cscn1. The van der Waals surface area contributed by atoms with Gasteiger partial charge in [0.15, 0.2) is 12.1 Å². The normalized spacial score (nSPS) is 21.7. The largest absolute Gasteiger partial charge is 0.448 e. The molecule has 0 radical (unpaired) electrons. The van der Waals surface area contributed by atoms with E-state index in [0.717, 1.165) is 12.1 Å². The molecule has 0 spiro atoms. The van der Waals surface area contributed by atoms with Gasteiger partial charge in [-0.3, -0.25) is 4.79 Å². The summed E-state index contributed by atoms with van der Waals surface area (Å²) in [6.07, 6.45) is 1.89. The first-order valence-corrected chi connectivity index (χ1v) is 7.95. The van der Waals surface area contributed by atoms with Crippen LogP contribution in [-0.2, 0) is 16.1 Å². The molecule has 2 aromatic rings. The molecule has 2 aromatic heterocycles. The highest BCUT2D eigenvalue weighted by Gasteiger charge is 2.29. The number of nitrogens with one attached hydrogen (secondary N) is 1. The van der Waals surface area contributed by atoms with Gasteiger partial charge in [-0.05, 0) is 13.3 Å². The number of thiazole rings is 1. The first-order valence-electron chi connectivity index (χ1n) is 7.01. The second-order valence-corrected chi connectivity index (χ2v) is 5.75. The van der Waals surface area contributed by atoms with Gasteiger partial charge in [-0.2, -0.15) is 0 Å². The summed E-state index contributed by atoms with van der Waals surface area (Å²) < 4.78 is 16.4. The highest BCUT2D eigenvalue weighted by molar-refractivity contribution is 7.07. The Morgan fingerprint density at radius 2 is 2.45 bits per heavy atom. The van der Waals surface area contributed by atoms with Crippen LogP contribution in [0.3, 0.4) is 0 Å². The number of hydrogen-bond acceptors (Lipinski definition) is 7. The molecule has 3 heterocycles. The van der Waals surface area contributed by atoms with Crippen molar-refractivity contribution in [2.45, 2.75) is 32.1 Å². The van der Waals surface area contributed by atoms with Gasteiger partial charge in [-0.25, -0.2) is 9.97 Å². The Bertz CT molecular complexity index is 613. The van der Waals surface area contributed by atoms with Crippen LogP contribution in [0.15, 0.2) is 21.7 Å². The van der Waals surface area contributed by atoms with Crippen molar-refractivity contribution in [2.24, 2.45) is 0 Å². The lowest BCUT2D eigenvalue weighted by atomic mass is 10.1. The zero-order valence-electron chi connectivity index (χ0n) is 12.2. The molecule has 0 aromatic carbocycles. The van der Waals surface area contributed by atoms with Crippen molar-refractivity contribution in [3.8, 4) is 0 Å². The molecule has 1 amide bonds. The van der Waals surface area contributed by atoms with Crippen molar-refractivity contribution < 1.29 is 18.7 Å². The Morgan fingerprint density at radius 1 is 1.55 bits per heavy atom. The van der Waals surface area contributed by atoms with Gasteiger partial charge in [0.1, 0.15) is 5.76 Å². The second-order valence-electron chi connectivity index (χ2n) is 5.03. The minimum Gasteiger partial charge on any atom is -0.448 e. The number of ether oxygens (including phenoxy) is 2. The average molecular weight is 323 g/mol. The van der Waals surface area contributed by atoms with Crippen molar-refractivity contribution in [3.05, 3.63) is 34.4 Å². The number of carbonyl (C=O) groups excluding carboxylic acids is 1. The van der Waals surface area contributed by atoms with E-state index in [4.69, 9.17) is 13.9 Å². The summed E-state index contributed by atoms with van der Waals surface area (Å²) in [7, 11) is 0. The topological polar surface area (TPSA) is 86.5 Å². The Kier molecular flexibility index (Phi) is 4.81. The van der Waals surface area contributed by atoms with Gasteiger partial charge in [0.25, 0.3) is 5.91 Å². The van der Waals surface area contributed by atoms with E-state index >= 15 is 0 Å². The molecule has 22 heavy (non-hydrogen) atoms. The molecule has 0 unspecified atom stereocenters. The number of hydrogen-bond donors (Lipinski definition) is 1. The van der Waals surface area contributed by atoms with Crippen molar-refractivity contribution in [1.82, 2.24) is 15.3 Å². The molecular weight excluding hydrogens is 306 g/mol. The van der Waals surface area contributed by atoms with Crippen molar-refractivity contribution in [1.29, 1.82) is 0 Å². The van der Waals surface area contributed by atoms with E-state index < -0.39 is 0 Å². The predicted octanol–water partition coefficient (Wildman–Crippen LogP) is 1.54. The molecule has 1 N–H and O–H groups in total. The van der Waals surface area contributed by atoms with Crippen LogP contribution in [0.1, 0.15) is 28.4 Å². The fraction of sp³-hybridized carbons (Fsp3) is 0.500. The van der Waals surface area contributed by atoms with E-state index in [-0.39, 0.29) is 18.1 Å². The van der Waals surface area contributed by atoms with Crippen LogP contribution < -0.4 is 5.32 Å². The molecule has 1 aliphatic heterocycles. The number of amides is 1. The van der Waals surface area contributed by atoms with Gasteiger partial charge in [0, 0.05) is 12.0 Å². The van der Waals surface area contributed by atoms with Crippen LogP contribution >= 0.6 is 11.3 Å². The number of oxazole rings is 1. The van der Waals surface area contributed by atoms with Crippen LogP contribution in [-0.4, -0.2) is 41.2 Å². The fourth-order valence-electron chi connectivity index (χ4n) is 2.31. The molecule has 0 bridgehead atoms. The fourth-order valence-corrected chi connectivity index (χ4v) is 2.86. The lowest BCUT2D eigenvalue weighted by Gasteiger charge is -2.31. The number of aryl methyl sites for hydroxylation is 1. The summed E-state index contributed by atoms with van der Waals surface area (Å²) in [5, 5.41) is 4.86. The van der Waals surface area contributed by atoms with Crippen LogP contribution in [0.4, 0.5) is 0 Å². The lowest BCUT2D eigenvalue weighted by molar-refractivity contribution is -0.0612. The maximum atomic E-state index is 12.2. The van der Waals surface area contributed by atoms with Crippen LogP contribution in [0.5, 0.6) is 0 Å². The third kappa shape index (κ3) is 3.52. The molecule has 0 aliphatic carbocycles. The second kappa shape index (κ2) is 6.99. The van der Waals surface area contributed by atoms with Crippen molar-refractivity contribution in [3.63, 3.8) is 0 Å². The highest BCUT2D eigenvalue weighted by Crippen LogP contribution is 2.15. The summed E-state index contributed by atoms with van der Waals surface area (Å²) in [4.78, 5) is 20.3. The van der Waals surface area contributed by atoms with Gasteiger partial charge in [-0.1, -0.05) is 0 Å². The standard InChI is InChI=1S/C14H17N3O4S/c1-9-13(15-7-21-9)14(18)17-11-5-19-3-2-12(11)20-4-10-6-22-8-16-10/h6-8,11-12H,2-5H2,1H3,(H,17,18)/t11-,12+/m1/s1. The lowest BCUT2D eigenvalue weighted by Crippen LogP contribution is -2.50. The van der Waals surface area contributed by atoms with Gasteiger partial charge in [0.2, 0.25) is 0 Å². The maximum Gasteiger partial charge on any atom is 0.273 e. The molecule has 7 nitrogen and oxygen atoms in total.